The zero-order valence-corrected chi connectivity index (χ0v) is 12.5. The SMILES string of the molecule is CC1C[C@@H](C(C)C)N(C(=O)C(C)c2ccccc2)C1. The van der Waals surface area contributed by atoms with Crippen LogP contribution < -0.4 is 0 Å². The third kappa shape index (κ3) is 2.99. The third-order valence-corrected chi connectivity index (χ3v) is 4.28. The monoisotopic (exact) mass is 259 g/mol. The third-order valence-electron chi connectivity index (χ3n) is 4.28. The smallest absolute Gasteiger partial charge is 0.230 e. The van der Waals surface area contributed by atoms with Crippen molar-refractivity contribution in [1.82, 2.24) is 4.90 Å². The van der Waals surface area contributed by atoms with Gasteiger partial charge in [0.1, 0.15) is 0 Å². The fraction of sp³-hybridized carbons (Fsp3) is 0.588. The van der Waals surface area contributed by atoms with Crippen molar-refractivity contribution in [3.8, 4) is 0 Å². The molecular formula is C17H25NO. The van der Waals surface area contributed by atoms with Gasteiger partial charge in [0.25, 0.3) is 0 Å². The van der Waals surface area contributed by atoms with Crippen LogP contribution in [-0.2, 0) is 4.79 Å². The van der Waals surface area contributed by atoms with Gasteiger partial charge in [-0.05, 0) is 30.7 Å². The summed E-state index contributed by atoms with van der Waals surface area (Å²) >= 11 is 0. The highest BCUT2D eigenvalue weighted by atomic mass is 16.2. The molecule has 1 saturated heterocycles. The van der Waals surface area contributed by atoms with Crippen molar-refractivity contribution in [1.29, 1.82) is 0 Å². The molecule has 1 fully saturated rings. The zero-order chi connectivity index (χ0) is 14.0. The fourth-order valence-electron chi connectivity index (χ4n) is 3.10. The van der Waals surface area contributed by atoms with E-state index in [-0.39, 0.29) is 11.8 Å². The average Bonchev–Trinajstić information content (AvgIpc) is 2.80. The maximum Gasteiger partial charge on any atom is 0.230 e. The van der Waals surface area contributed by atoms with Gasteiger partial charge < -0.3 is 4.90 Å². The summed E-state index contributed by atoms with van der Waals surface area (Å²) in [4.78, 5) is 14.9. The van der Waals surface area contributed by atoms with Gasteiger partial charge in [0, 0.05) is 12.6 Å². The largest absolute Gasteiger partial charge is 0.339 e. The standard InChI is InChI=1S/C17H25NO/c1-12(2)16-10-13(3)11-18(16)17(19)14(4)15-8-6-5-7-9-15/h5-9,12-14,16H,10-11H2,1-4H3/t13?,14?,16-/m0/s1. The van der Waals surface area contributed by atoms with Crippen LogP contribution in [0.25, 0.3) is 0 Å². The molecule has 1 aromatic carbocycles. The summed E-state index contributed by atoms with van der Waals surface area (Å²) in [5.74, 6) is 1.41. The van der Waals surface area contributed by atoms with Crippen molar-refractivity contribution in [2.75, 3.05) is 6.54 Å². The maximum absolute atomic E-state index is 12.7. The van der Waals surface area contributed by atoms with Gasteiger partial charge in [-0.2, -0.15) is 0 Å². The lowest BCUT2D eigenvalue weighted by Crippen LogP contribution is -2.40. The Kier molecular flexibility index (Phi) is 4.28. The van der Waals surface area contributed by atoms with Gasteiger partial charge in [-0.1, -0.05) is 51.1 Å². The molecule has 0 N–H and O–H groups in total. The van der Waals surface area contributed by atoms with E-state index < -0.39 is 0 Å². The molecule has 0 saturated carbocycles. The van der Waals surface area contributed by atoms with Crippen molar-refractivity contribution in [2.24, 2.45) is 11.8 Å². The fourth-order valence-corrected chi connectivity index (χ4v) is 3.10. The van der Waals surface area contributed by atoms with E-state index >= 15 is 0 Å². The van der Waals surface area contributed by atoms with Crippen molar-refractivity contribution in [3.05, 3.63) is 35.9 Å². The minimum atomic E-state index is -0.0345. The molecule has 2 rings (SSSR count). The molecule has 0 spiro atoms. The van der Waals surface area contributed by atoms with Crippen LogP contribution in [0.1, 0.15) is 45.6 Å². The molecule has 1 aliphatic heterocycles. The number of amides is 1. The lowest BCUT2D eigenvalue weighted by molar-refractivity contribution is -0.134. The van der Waals surface area contributed by atoms with Crippen molar-refractivity contribution in [3.63, 3.8) is 0 Å². The van der Waals surface area contributed by atoms with Gasteiger partial charge in [0.05, 0.1) is 5.92 Å². The summed E-state index contributed by atoms with van der Waals surface area (Å²) < 4.78 is 0. The second kappa shape index (κ2) is 5.77. The van der Waals surface area contributed by atoms with Gasteiger partial charge in [0.2, 0.25) is 5.91 Å². The predicted molar refractivity (Wildman–Crippen MR) is 79.0 cm³/mol. The van der Waals surface area contributed by atoms with E-state index in [4.69, 9.17) is 0 Å². The highest BCUT2D eigenvalue weighted by molar-refractivity contribution is 5.84. The van der Waals surface area contributed by atoms with Gasteiger partial charge in [-0.25, -0.2) is 0 Å². The van der Waals surface area contributed by atoms with Crippen LogP contribution in [0.5, 0.6) is 0 Å². The molecule has 0 bridgehead atoms. The summed E-state index contributed by atoms with van der Waals surface area (Å²) in [7, 11) is 0. The summed E-state index contributed by atoms with van der Waals surface area (Å²) in [6.07, 6.45) is 1.14. The molecule has 2 heteroatoms. The van der Waals surface area contributed by atoms with E-state index in [1.165, 1.54) is 0 Å². The van der Waals surface area contributed by atoms with E-state index in [2.05, 4.69) is 25.7 Å². The molecule has 104 valence electrons. The van der Waals surface area contributed by atoms with E-state index in [1.54, 1.807) is 0 Å². The number of hydrogen-bond acceptors (Lipinski definition) is 1. The molecule has 1 aromatic rings. The Morgan fingerprint density at radius 1 is 1.21 bits per heavy atom. The number of likely N-dealkylation sites (tertiary alicyclic amines) is 1. The van der Waals surface area contributed by atoms with Gasteiger partial charge in [0.15, 0.2) is 0 Å². The second-order valence-corrected chi connectivity index (χ2v) is 6.28. The lowest BCUT2D eigenvalue weighted by atomic mass is 9.96. The first-order valence-corrected chi connectivity index (χ1v) is 7.36. The Bertz CT molecular complexity index is 426. The molecule has 19 heavy (non-hydrogen) atoms. The first kappa shape index (κ1) is 14.1. The molecule has 3 atom stereocenters. The Morgan fingerprint density at radius 3 is 2.42 bits per heavy atom. The lowest BCUT2D eigenvalue weighted by Gasteiger charge is -2.30. The summed E-state index contributed by atoms with van der Waals surface area (Å²) in [6, 6.07) is 10.5. The Hall–Kier alpha value is -1.31. The van der Waals surface area contributed by atoms with Gasteiger partial charge >= 0.3 is 0 Å². The number of benzene rings is 1. The van der Waals surface area contributed by atoms with Crippen molar-refractivity contribution >= 4 is 5.91 Å². The van der Waals surface area contributed by atoms with Crippen LogP contribution in [0, 0.1) is 11.8 Å². The summed E-state index contributed by atoms with van der Waals surface area (Å²) in [5, 5.41) is 0. The molecule has 1 aliphatic rings. The molecule has 1 heterocycles. The number of rotatable bonds is 3. The van der Waals surface area contributed by atoms with E-state index in [0.29, 0.717) is 17.9 Å². The second-order valence-electron chi connectivity index (χ2n) is 6.28. The van der Waals surface area contributed by atoms with Gasteiger partial charge in [-0.15, -0.1) is 0 Å². The highest BCUT2D eigenvalue weighted by Gasteiger charge is 2.36. The molecule has 0 aromatic heterocycles. The highest BCUT2D eigenvalue weighted by Crippen LogP contribution is 2.31. The molecule has 0 aliphatic carbocycles. The first-order chi connectivity index (χ1) is 9.00. The molecule has 2 nitrogen and oxygen atoms in total. The molecule has 1 amide bonds. The first-order valence-electron chi connectivity index (χ1n) is 7.36. The minimum absolute atomic E-state index is 0.0345. The van der Waals surface area contributed by atoms with E-state index in [1.807, 2.05) is 37.3 Å². The minimum Gasteiger partial charge on any atom is -0.339 e. The summed E-state index contributed by atoms with van der Waals surface area (Å²) in [6.45, 7) is 9.62. The van der Waals surface area contributed by atoms with Crippen LogP contribution in [0.3, 0.4) is 0 Å². The van der Waals surface area contributed by atoms with Crippen LogP contribution in [0.15, 0.2) is 30.3 Å². The zero-order valence-electron chi connectivity index (χ0n) is 12.5. The number of carbonyl (C=O) groups is 1. The van der Waals surface area contributed by atoms with Crippen LogP contribution >= 0.6 is 0 Å². The summed E-state index contributed by atoms with van der Waals surface area (Å²) in [5.41, 5.74) is 1.12. The molecule has 2 unspecified atom stereocenters. The van der Waals surface area contributed by atoms with Crippen LogP contribution in [0.4, 0.5) is 0 Å². The van der Waals surface area contributed by atoms with E-state index in [0.717, 1.165) is 18.5 Å². The Balaban J connectivity index is 2.15. The Labute approximate surface area is 116 Å². The maximum atomic E-state index is 12.7. The molecular weight excluding hydrogens is 234 g/mol. The topological polar surface area (TPSA) is 20.3 Å². The van der Waals surface area contributed by atoms with Crippen LogP contribution in [0.2, 0.25) is 0 Å². The number of hydrogen-bond donors (Lipinski definition) is 0. The van der Waals surface area contributed by atoms with Crippen molar-refractivity contribution in [2.45, 2.75) is 46.1 Å². The predicted octanol–water partition coefficient (Wildman–Crippen LogP) is 3.68. The van der Waals surface area contributed by atoms with Crippen LogP contribution in [-0.4, -0.2) is 23.4 Å². The number of carbonyl (C=O) groups excluding carboxylic acids is 1. The normalized spacial score (nSPS) is 24.8. The van der Waals surface area contributed by atoms with Crippen molar-refractivity contribution < 1.29 is 4.79 Å². The van der Waals surface area contributed by atoms with E-state index in [9.17, 15) is 4.79 Å². The average molecular weight is 259 g/mol. The Morgan fingerprint density at radius 2 is 1.84 bits per heavy atom. The quantitative estimate of drug-likeness (QED) is 0.811. The van der Waals surface area contributed by atoms with Gasteiger partial charge in [-0.3, -0.25) is 4.79 Å². The molecule has 0 radical (unpaired) electrons. The number of nitrogens with zero attached hydrogens (tertiary/aromatic N) is 1.